The molecule has 0 saturated carbocycles. The topological polar surface area (TPSA) is 105 Å². The predicted molar refractivity (Wildman–Crippen MR) is 122 cm³/mol. The molecule has 1 fully saturated rings. The molecule has 2 aliphatic heterocycles. The number of nitrogens with zero attached hydrogens (tertiary/aromatic N) is 2. The second-order valence-electron chi connectivity index (χ2n) is 8.05. The van der Waals surface area contributed by atoms with E-state index in [1.54, 1.807) is 17.0 Å². The largest absolute Gasteiger partial charge is 0.484 e. The van der Waals surface area contributed by atoms with Crippen molar-refractivity contribution in [2.75, 3.05) is 38.1 Å². The van der Waals surface area contributed by atoms with Gasteiger partial charge in [-0.05, 0) is 49.2 Å². The molecule has 33 heavy (non-hydrogen) atoms. The second kappa shape index (κ2) is 9.40. The molecule has 0 unspecified atom stereocenters. The Bertz CT molecular complexity index is 1160. The maximum Gasteiger partial charge on any atom is 0.265 e. The van der Waals surface area contributed by atoms with Gasteiger partial charge in [-0.25, -0.2) is 8.42 Å². The molecule has 1 N–H and O–H groups in total. The van der Waals surface area contributed by atoms with E-state index >= 15 is 0 Å². The monoisotopic (exact) mass is 473 g/mol. The number of piperazine rings is 1. The molecule has 2 aromatic carbocycles. The van der Waals surface area contributed by atoms with Crippen LogP contribution in [-0.4, -0.2) is 68.3 Å². The van der Waals surface area contributed by atoms with Crippen LogP contribution in [0.2, 0.25) is 0 Å². The van der Waals surface area contributed by atoms with E-state index in [0.717, 1.165) is 5.56 Å². The van der Waals surface area contributed by atoms with Crippen LogP contribution in [0.3, 0.4) is 0 Å². The molecule has 176 valence electrons. The van der Waals surface area contributed by atoms with Crippen LogP contribution >= 0.6 is 0 Å². The molecule has 2 amide bonds. The first-order valence-electron chi connectivity index (χ1n) is 10.9. The lowest BCUT2D eigenvalue weighted by Crippen LogP contribution is -2.51. The summed E-state index contributed by atoms with van der Waals surface area (Å²) in [4.78, 5) is 26.2. The lowest BCUT2D eigenvalue weighted by atomic mass is 10.2. The smallest absolute Gasteiger partial charge is 0.265 e. The highest BCUT2D eigenvalue weighted by Gasteiger charge is 2.32. The molecule has 4 rings (SSSR count). The zero-order chi connectivity index (χ0) is 23.6. The first kappa shape index (κ1) is 23.1. The van der Waals surface area contributed by atoms with Gasteiger partial charge >= 0.3 is 0 Å². The fraction of sp³-hybridized carbons (Fsp3) is 0.391. The Kier molecular flexibility index (Phi) is 6.57. The van der Waals surface area contributed by atoms with Crippen molar-refractivity contribution in [3.63, 3.8) is 0 Å². The number of aryl methyl sites for hydroxylation is 1. The maximum absolute atomic E-state index is 13.1. The van der Waals surface area contributed by atoms with Crippen molar-refractivity contribution >= 4 is 27.5 Å². The number of rotatable bonds is 6. The number of hydrogen-bond acceptors (Lipinski definition) is 6. The lowest BCUT2D eigenvalue weighted by molar-refractivity contribution is -0.134. The summed E-state index contributed by atoms with van der Waals surface area (Å²) in [5, 5.41) is 2.72. The molecule has 9 nitrogen and oxygen atoms in total. The third-order valence-corrected chi connectivity index (χ3v) is 7.62. The molecule has 0 bridgehead atoms. The highest BCUT2D eigenvalue weighted by Crippen LogP contribution is 2.33. The minimum Gasteiger partial charge on any atom is -0.484 e. The van der Waals surface area contributed by atoms with Gasteiger partial charge in [0.15, 0.2) is 12.7 Å². The Labute approximate surface area is 193 Å². The van der Waals surface area contributed by atoms with Gasteiger partial charge in [-0.2, -0.15) is 4.31 Å². The standard InChI is InChI=1S/C23H27N3O6S/c1-3-20-23(28)24-19-14-18(7-8-21(19)32-20)33(29,30)26-11-9-25(10-12-26)22(27)15-31-17-6-4-5-16(2)13-17/h4-8,13-14,20H,3,9-12,15H2,1-2H3,(H,24,28)/t20-/m1/s1. The molecule has 0 spiro atoms. The average Bonchev–Trinajstić information content (AvgIpc) is 2.81. The highest BCUT2D eigenvalue weighted by molar-refractivity contribution is 7.89. The summed E-state index contributed by atoms with van der Waals surface area (Å²) in [6.45, 7) is 4.59. The molecular weight excluding hydrogens is 446 g/mol. The molecule has 2 heterocycles. The molecule has 2 aliphatic rings. The fourth-order valence-corrected chi connectivity index (χ4v) is 5.28. The first-order chi connectivity index (χ1) is 15.8. The zero-order valence-corrected chi connectivity index (χ0v) is 19.4. The molecule has 2 aromatic rings. The molecule has 1 saturated heterocycles. The Morgan fingerprint density at radius 1 is 1.15 bits per heavy atom. The quantitative estimate of drug-likeness (QED) is 0.688. The van der Waals surface area contributed by atoms with Gasteiger partial charge in [0, 0.05) is 26.2 Å². The number of amides is 2. The number of nitrogens with one attached hydrogen (secondary N) is 1. The third-order valence-electron chi connectivity index (χ3n) is 5.72. The van der Waals surface area contributed by atoms with Crippen LogP contribution in [0, 0.1) is 6.92 Å². The van der Waals surface area contributed by atoms with E-state index < -0.39 is 16.1 Å². The number of carbonyl (C=O) groups excluding carboxylic acids is 2. The van der Waals surface area contributed by atoms with Gasteiger partial charge in [0.05, 0.1) is 10.6 Å². The van der Waals surface area contributed by atoms with Crippen molar-refractivity contribution in [3.05, 3.63) is 48.0 Å². The van der Waals surface area contributed by atoms with Crippen molar-refractivity contribution in [2.45, 2.75) is 31.3 Å². The van der Waals surface area contributed by atoms with E-state index in [1.807, 2.05) is 32.0 Å². The molecule has 10 heteroatoms. The predicted octanol–water partition coefficient (Wildman–Crippen LogP) is 2.02. The zero-order valence-electron chi connectivity index (χ0n) is 18.6. The minimum atomic E-state index is -3.78. The van der Waals surface area contributed by atoms with Crippen molar-refractivity contribution in [3.8, 4) is 11.5 Å². The SMILES string of the molecule is CC[C@H]1Oc2ccc(S(=O)(=O)N3CCN(C(=O)COc4cccc(C)c4)CC3)cc2NC1=O. The van der Waals surface area contributed by atoms with Gasteiger partial charge in [-0.1, -0.05) is 19.1 Å². The van der Waals surface area contributed by atoms with Crippen LogP contribution in [-0.2, 0) is 19.6 Å². The Morgan fingerprint density at radius 2 is 1.91 bits per heavy atom. The highest BCUT2D eigenvalue weighted by atomic mass is 32.2. The summed E-state index contributed by atoms with van der Waals surface area (Å²) in [7, 11) is -3.78. The average molecular weight is 474 g/mol. The number of hydrogen-bond donors (Lipinski definition) is 1. The van der Waals surface area contributed by atoms with E-state index in [1.165, 1.54) is 16.4 Å². The molecule has 1 atom stereocenters. The van der Waals surface area contributed by atoms with Crippen molar-refractivity contribution in [2.24, 2.45) is 0 Å². The summed E-state index contributed by atoms with van der Waals surface area (Å²) in [6, 6.07) is 11.9. The number of fused-ring (bicyclic) bond motifs is 1. The van der Waals surface area contributed by atoms with Crippen LogP contribution in [0.1, 0.15) is 18.9 Å². The maximum atomic E-state index is 13.1. The van der Waals surface area contributed by atoms with Crippen LogP contribution in [0.25, 0.3) is 0 Å². The number of benzene rings is 2. The van der Waals surface area contributed by atoms with Crippen LogP contribution in [0.4, 0.5) is 5.69 Å². The van der Waals surface area contributed by atoms with Crippen LogP contribution in [0.15, 0.2) is 47.4 Å². The fourth-order valence-electron chi connectivity index (χ4n) is 3.83. The summed E-state index contributed by atoms with van der Waals surface area (Å²) >= 11 is 0. The molecule has 0 radical (unpaired) electrons. The van der Waals surface area contributed by atoms with Crippen molar-refractivity contribution < 1.29 is 27.5 Å². The van der Waals surface area contributed by atoms with E-state index in [0.29, 0.717) is 23.6 Å². The van der Waals surface area contributed by atoms with Crippen molar-refractivity contribution in [1.82, 2.24) is 9.21 Å². The van der Waals surface area contributed by atoms with Crippen LogP contribution < -0.4 is 14.8 Å². The molecule has 0 aliphatic carbocycles. The lowest BCUT2D eigenvalue weighted by Gasteiger charge is -2.34. The van der Waals surface area contributed by atoms with E-state index in [2.05, 4.69) is 5.32 Å². The molecular formula is C23H27N3O6S. The van der Waals surface area contributed by atoms with Gasteiger partial charge in [-0.3, -0.25) is 9.59 Å². The summed E-state index contributed by atoms with van der Waals surface area (Å²) in [5.74, 6) is 0.593. The summed E-state index contributed by atoms with van der Waals surface area (Å²) < 4.78 is 38.8. The number of anilines is 1. The Hall–Kier alpha value is -3.11. The first-order valence-corrected chi connectivity index (χ1v) is 12.3. The third kappa shape index (κ3) is 4.96. The number of carbonyl (C=O) groups is 2. The summed E-state index contributed by atoms with van der Waals surface area (Å²) in [6.07, 6.45) is -0.0647. The number of ether oxygens (including phenoxy) is 2. The van der Waals surface area contributed by atoms with Crippen molar-refractivity contribution in [1.29, 1.82) is 0 Å². The Balaban J connectivity index is 1.36. The van der Waals surface area contributed by atoms with E-state index in [4.69, 9.17) is 9.47 Å². The van der Waals surface area contributed by atoms with Crippen LogP contribution in [0.5, 0.6) is 11.5 Å². The van der Waals surface area contributed by atoms with E-state index in [9.17, 15) is 18.0 Å². The van der Waals surface area contributed by atoms with Gasteiger partial charge < -0.3 is 19.7 Å². The Morgan fingerprint density at radius 3 is 2.61 bits per heavy atom. The summed E-state index contributed by atoms with van der Waals surface area (Å²) in [5.41, 5.74) is 1.38. The van der Waals surface area contributed by atoms with Gasteiger partial charge in [-0.15, -0.1) is 0 Å². The van der Waals surface area contributed by atoms with E-state index in [-0.39, 0.29) is 49.5 Å². The minimum absolute atomic E-state index is 0.0719. The van der Waals surface area contributed by atoms with Gasteiger partial charge in [0.25, 0.3) is 11.8 Å². The van der Waals surface area contributed by atoms with Gasteiger partial charge in [0.1, 0.15) is 11.5 Å². The normalized spacial score (nSPS) is 18.8. The second-order valence-corrected chi connectivity index (χ2v) is 9.99. The van der Waals surface area contributed by atoms with Gasteiger partial charge in [0.2, 0.25) is 10.0 Å². The number of sulfonamides is 1. The molecule has 0 aromatic heterocycles.